The summed E-state index contributed by atoms with van der Waals surface area (Å²) in [7, 11) is 1.77. The lowest BCUT2D eigenvalue weighted by Crippen LogP contribution is -2.29. The van der Waals surface area contributed by atoms with Gasteiger partial charge >= 0.3 is 0 Å². The molecule has 1 aromatic heterocycles. The summed E-state index contributed by atoms with van der Waals surface area (Å²) >= 11 is 0. The van der Waals surface area contributed by atoms with E-state index in [4.69, 9.17) is 0 Å². The van der Waals surface area contributed by atoms with E-state index in [-0.39, 0.29) is 23.3 Å². The molecule has 2 amide bonds. The Kier molecular flexibility index (Phi) is 5.43. The quantitative estimate of drug-likeness (QED) is 0.510. The Balaban J connectivity index is 1.36. The molecule has 1 aliphatic carbocycles. The van der Waals surface area contributed by atoms with E-state index in [1.807, 2.05) is 48.2 Å². The minimum Gasteiger partial charge on any atom is -0.376 e. The van der Waals surface area contributed by atoms with Crippen molar-refractivity contribution in [2.45, 2.75) is 38.1 Å². The second-order valence-electron chi connectivity index (χ2n) is 9.04. The van der Waals surface area contributed by atoms with Gasteiger partial charge in [0.25, 0.3) is 5.91 Å². The standard InChI is InChI=1S/C26H28N6O2/c1-16(21-10-13-28-25(27-3)31-21)29-22-7-5-4-6-19(22)24(34)30-18-8-9-20-23(14-18)32(17(2)33)15-26(20)11-12-26/h4-10,13-14,16,29H,11-12,15H2,1-3H3,(H,30,34)(H,27,28,31). The lowest BCUT2D eigenvalue weighted by Gasteiger charge is -2.18. The average molecular weight is 457 g/mol. The fourth-order valence-corrected chi connectivity index (χ4v) is 4.66. The van der Waals surface area contributed by atoms with E-state index in [9.17, 15) is 9.59 Å². The van der Waals surface area contributed by atoms with Gasteiger partial charge in [-0.2, -0.15) is 0 Å². The van der Waals surface area contributed by atoms with Crippen LogP contribution in [0.15, 0.2) is 54.7 Å². The summed E-state index contributed by atoms with van der Waals surface area (Å²) in [5.74, 6) is 0.354. The first-order chi connectivity index (χ1) is 16.4. The van der Waals surface area contributed by atoms with Gasteiger partial charge < -0.3 is 20.9 Å². The molecule has 8 nitrogen and oxygen atoms in total. The van der Waals surface area contributed by atoms with Crippen LogP contribution in [-0.4, -0.2) is 35.4 Å². The van der Waals surface area contributed by atoms with Gasteiger partial charge in [0.2, 0.25) is 11.9 Å². The van der Waals surface area contributed by atoms with Gasteiger partial charge in [-0.15, -0.1) is 0 Å². The molecule has 0 saturated heterocycles. The van der Waals surface area contributed by atoms with Crippen LogP contribution in [0.4, 0.5) is 23.0 Å². The number of amides is 2. The summed E-state index contributed by atoms with van der Waals surface area (Å²) in [6.07, 6.45) is 3.92. The van der Waals surface area contributed by atoms with Crippen molar-refractivity contribution >= 4 is 34.8 Å². The molecule has 3 N–H and O–H groups in total. The summed E-state index contributed by atoms with van der Waals surface area (Å²) in [5, 5.41) is 9.35. The molecule has 3 aromatic rings. The molecule has 1 saturated carbocycles. The Hall–Kier alpha value is -3.94. The third-order valence-electron chi connectivity index (χ3n) is 6.70. The van der Waals surface area contributed by atoms with Gasteiger partial charge in [0, 0.05) is 49.2 Å². The van der Waals surface area contributed by atoms with E-state index < -0.39 is 0 Å². The molecule has 1 aliphatic heterocycles. The number of carbonyl (C=O) groups excluding carboxylic acids is 2. The Morgan fingerprint density at radius 1 is 1.12 bits per heavy atom. The summed E-state index contributed by atoms with van der Waals surface area (Å²) in [6, 6.07) is 15.0. The number of aromatic nitrogens is 2. The fraction of sp³-hybridized carbons (Fsp3) is 0.308. The van der Waals surface area contributed by atoms with E-state index in [1.54, 1.807) is 26.2 Å². The van der Waals surface area contributed by atoms with E-state index in [2.05, 4.69) is 32.0 Å². The molecule has 0 bridgehead atoms. The second kappa shape index (κ2) is 8.44. The molecular formula is C26H28N6O2. The first-order valence-electron chi connectivity index (χ1n) is 11.5. The maximum Gasteiger partial charge on any atom is 0.257 e. The minimum absolute atomic E-state index is 0.0307. The monoisotopic (exact) mass is 456 g/mol. The molecular weight excluding hydrogens is 428 g/mol. The molecule has 1 spiro atoms. The molecule has 8 heteroatoms. The topological polar surface area (TPSA) is 99.2 Å². The lowest BCUT2D eigenvalue weighted by molar-refractivity contribution is -0.116. The van der Waals surface area contributed by atoms with Crippen LogP contribution in [0.1, 0.15) is 54.3 Å². The van der Waals surface area contributed by atoms with E-state index >= 15 is 0 Å². The van der Waals surface area contributed by atoms with Crippen LogP contribution < -0.4 is 20.9 Å². The van der Waals surface area contributed by atoms with Gasteiger partial charge in [0.1, 0.15) is 0 Å². The molecule has 1 unspecified atom stereocenters. The molecule has 5 rings (SSSR count). The smallest absolute Gasteiger partial charge is 0.257 e. The third kappa shape index (κ3) is 3.96. The van der Waals surface area contributed by atoms with Gasteiger partial charge in [0.05, 0.1) is 17.3 Å². The van der Waals surface area contributed by atoms with Gasteiger partial charge in [0.15, 0.2) is 0 Å². The zero-order valence-electron chi connectivity index (χ0n) is 19.6. The number of anilines is 4. The maximum absolute atomic E-state index is 13.2. The van der Waals surface area contributed by atoms with Crippen molar-refractivity contribution in [1.29, 1.82) is 0 Å². The molecule has 1 atom stereocenters. The van der Waals surface area contributed by atoms with Crippen LogP contribution in [0.25, 0.3) is 0 Å². The zero-order chi connectivity index (χ0) is 23.9. The number of para-hydroxylation sites is 1. The number of nitrogens with one attached hydrogen (secondary N) is 3. The average Bonchev–Trinajstić information content (AvgIpc) is 3.55. The third-order valence-corrected chi connectivity index (χ3v) is 6.70. The Morgan fingerprint density at radius 2 is 1.91 bits per heavy atom. The van der Waals surface area contributed by atoms with Crippen molar-refractivity contribution in [2.24, 2.45) is 0 Å². The molecule has 1 fully saturated rings. The predicted octanol–water partition coefficient (Wildman–Crippen LogP) is 4.34. The number of benzene rings is 2. The highest BCUT2D eigenvalue weighted by Crippen LogP contribution is 2.56. The molecule has 0 radical (unpaired) electrons. The number of carbonyl (C=O) groups is 2. The lowest BCUT2D eigenvalue weighted by atomic mass is 9.98. The first-order valence-corrected chi connectivity index (χ1v) is 11.5. The summed E-state index contributed by atoms with van der Waals surface area (Å²) < 4.78 is 0. The van der Waals surface area contributed by atoms with E-state index in [0.717, 1.165) is 30.8 Å². The zero-order valence-corrected chi connectivity index (χ0v) is 19.6. The summed E-state index contributed by atoms with van der Waals surface area (Å²) in [4.78, 5) is 35.9. The first kappa shape index (κ1) is 21.9. The molecule has 2 aliphatic rings. The highest BCUT2D eigenvalue weighted by atomic mass is 16.2. The van der Waals surface area contributed by atoms with Crippen molar-refractivity contribution in [3.63, 3.8) is 0 Å². The van der Waals surface area contributed by atoms with Crippen molar-refractivity contribution in [3.05, 3.63) is 71.5 Å². The van der Waals surface area contributed by atoms with E-state index in [0.29, 0.717) is 22.9 Å². The molecule has 2 heterocycles. The fourth-order valence-electron chi connectivity index (χ4n) is 4.66. The Morgan fingerprint density at radius 3 is 2.65 bits per heavy atom. The van der Waals surface area contributed by atoms with Crippen LogP contribution in [0.5, 0.6) is 0 Å². The highest BCUT2D eigenvalue weighted by molar-refractivity contribution is 6.08. The summed E-state index contributed by atoms with van der Waals surface area (Å²) in [5.41, 5.74) is 4.95. The number of nitrogens with zero attached hydrogens (tertiary/aromatic N) is 3. The van der Waals surface area contributed by atoms with Crippen LogP contribution in [0.3, 0.4) is 0 Å². The highest BCUT2D eigenvalue weighted by Gasteiger charge is 2.52. The number of fused-ring (bicyclic) bond motifs is 2. The van der Waals surface area contributed by atoms with Gasteiger partial charge in [-0.25, -0.2) is 9.97 Å². The van der Waals surface area contributed by atoms with Crippen LogP contribution in [0.2, 0.25) is 0 Å². The molecule has 34 heavy (non-hydrogen) atoms. The van der Waals surface area contributed by atoms with E-state index in [1.165, 1.54) is 5.56 Å². The van der Waals surface area contributed by atoms with Gasteiger partial charge in [-0.05, 0) is 55.7 Å². The normalized spacial score (nSPS) is 16.0. The van der Waals surface area contributed by atoms with Gasteiger partial charge in [-0.1, -0.05) is 18.2 Å². The number of hydrogen-bond acceptors (Lipinski definition) is 6. The summed E-state index contributed by atoms with van der Waals surface area (Å²) in [6.45, 7) is 4.32. The van der Waals surface area contributed by atoms with Crippen LogP contribution >= 0.6 is 0 Å². The van der Waals surface area contributed by atoms with Crippen LogP contribution in [-0.2, 0) is 10.2 Å². The van der Waals surface area contributed by atoms with Crippen molar-refractivity contribution in [2.75, 3.05) is 34.4 Å². The largest absolute Gasteiger partial charge is 0.376 e. The molecule has 174 valence electrons. The van der Waals surface area contributed by atoms with Crippen molar-refractivity contribution in [3.8, 4) is 0 Å². The Bertz CT molecular complexity index is 1270. The number of rotatable bonds is 6. The van der Waals surface area contributed by atoms with Crippen molar-refractivity contribution in [1.82, 2.24) is 9.97 Å². The van der Waals surface area contributed by atoms with Crippen molar-refractivity contribution < 1.29 is 9.59 Å². The minimum atomic E-state index is -0.220. The predicted molar refractivity (Wildman–Crippen MR) is 133 cm³/mol. The van der Waals surface area contributed by atoms with Gasteiger partial charge in [-0.3, -0.25) is 9.59 Å². The SMILES string of the molecule is CNc1nccc(C(C)Nc2ccccc2C(=O)Nc2ccc3c(c2)N(C(C)=O)CC32CC2)n1. The second-order valence-corrected chi connectivity index (χ2v) is 9.04. The maximum atomic E-state index is 13.2. The van der Waals surface area contributed by atoms with Crippen LogP contribution in [0, 0.1) is 0 Å². The number of hydrogen-bond donors (Lipinski definition) is 3. The Labute approximate surface area is 198 Å². The molecule has 2 aromatic carbocycles.